The summed E-state index contributed by atoms with van der Waals surface area (Å²) in [6, 6.07) is 11.0. The Bertz CT molecular complexity index is 1170. The number of nitrogens with zero attached hydrogens (tertiary/aromatic N) is 2. The summed E-state index contributed by atoms with van der Waals surface area (Å²) >= 11 is 0. The molecule has 2 aliphatic heterocycles. The molecule has 2 aromatic carbocycles. The van der Waals surface area contributed by atoms with Gasteiger partial charge in [0.05, 0.1) is 17.5 Å². The molecule has 0 radical (unpaired) electrons. The lowest BCUT2D eigenvalue weighted by Gasteiger charge is -2.22. The van der Waals surface area contributed by atoms with Gasteiger partial charge in [0.25, 0.3) is 0 Å². The molecule has 31 heavy (non-hydrogen) atoms. The van der Waals surface area contributed by atoms with Crippen LogP contribution in [-0.4, -0.2) is 41.3 Å². The zero-order valence-corrected chi connectivity index (χ0v) is 17.6. The van der Waals surface area contributed by atoms with Gasteiger partial charge in [0.15, 0.2) is 0 Å². The van der Waals surface area contributed by atoms with Crippen molar-refractivity contribution in [2.45, 2.75) is 38.3 Å². The highest BCUT2D eigenvalue weighted by Crippen LogP contribution is 2.42. The number of imidazole rings is 1. The van der Waals surface area contributed by atoms with Gasteiger partial charge in [0.2, 0.25) is 5.91 Å². The van der Waals surface area contributed by atoms with Gasteiger partial charge >= 0.3 is 0 Å². The number of anilines is 1. The van der Waals surface area contributed by atoms with Gasteiger partial charge in [-0.3, -0.25) is 4.79 Å². The van der Waals surface area contributed by atoms with Crippen LogP contribution < -0.4 is 20.1 Å². The van der Waals surface area contributed by atoms with Crippen molar-refractivity contribution in [2.24, 2.45) is 5.92 Å². The van der Waals surface area contributed by atoms with Crippen LogP contribution in [0.5, 0.6) is 11.5 Å². The minimum Gasteiger partial charge on any atom is -0.490 e. The van der Waals surface area contributed by atoms with Crippen molar-refractivity contribution in [3.05, 3.63) is 36.7 Å². The summed E-state index contributed by atoms with van der Waals surface area (Å²) in [5.41, 5.74) is 5.16. The number of fused-ring (bicyclic) bond motifs is 2. The van der Waals surface area contributed by atoms with Gasteiger partial charge < -0.3 is 24.7 Å². The Labute approximate surface area is 180 Å². The number of ether oxygens (including phenoxy) is 2. The topological polar surface area (TPSA) is 77.4 Å². The van der Waals surface area contributed by atoms with Gasteiger partial charge in [-0.15, -0.1) is 0 Å². The molecule has 1 amide bonds. The van der Waals surface area contributed by atoms with E-state index < -0.39 is 0 Å². The molecule has 7 nitrogen and oxygen atoms in total. The first-order valence-electron chi connectivity index (χ1n) is 11.1. The van der Waals surface area contributed by atoms with E-state index in [9.17, 15) is 4.79 Å². The first-order valence-corrected chi connectivity index (χ1v) is 11.1. The second kappa shape index (κ2) is 7.18. The van der Waals surface area contributed by atoms with Crippen molar-refractivity contribution < 1.29 is 14.3 Å². The Morgan fingerprint density at radius 1 is 1.19 bits per heavy atom. The third-order valence-corrected chi connectivity index (χ3v) is 6.55. The highest BCUT2D eigenvalue weighted by atomic mass is 16.5. The third-order valence-electron chi connectivity index (χ3n) is 6.55. The van der Waals surface area contributed by atoms with E-state index in [0.29, 0.717) is 25.6 Å². The Hall–Kier alpha value is -3.22. The molecule has 7 heteroatoms. The van der Waals surface area contributed by atoms with Gasteiger partial charge in [0.1, 0.15) is 29.7 Å². The molecule has 1 saturated carbocycles. The number of hydrogen-bond donors (Lipinski definition) is 2. The van der Waals surface area contributed by atoms with Crippen LogP contribution in [0.3, 0.4) is 0 Å². The van der Waals surface area contributed by atoms with Gasteiger partial charge in [-0.1, -0.05) is 6.07 Å². The van der Waals surface area contributed by atoms with Gasteiger partial charge in [0, 0.05) is 31.5 Å². The number of aromatic nitrogens is 2. The summed E-state index contributed by atoms with van der Waals surface area (Å²) in [5.74, 6) is 2.00. The maximum atomic E-state index is 11.7. The van der Waals surface area contributed by atoms with Gasteiger partial charge in [-0.05, 0) is 55.2 Å². The van der Waals surface area contributed by atoms with Crippen molar-refractivity contribution in [3.63, 3.8) is 0 Å². The molecular weight excluding hydrogens is 392 g/mol. The molecule has 2 N–H and O–H groups in total. The zero-order valence-electron chi connectivity index (χ0n) is 17.6. The molecule has 160 valence electrons. The van der Waals surface area contributed by atoms with Crippen LogP contribution in [0.1, 0.15) is 32.2 Å². The van der Waals surface area contributed by atoms with Crippen molar-refractivity contribution >= 4 is 22.6 Å². The minimum absolute atomic E-state index is 0.0708. The molecule has 1 aliphatic carbocycles. The highest BCUT2D eigenvalue weighted by Gasteiger charge is 2.30. The van der Waals surface area contributed by atoms with Gasteiger partial charge in [-0.2, -0.15) is 0 Å². The van der Waals surface area contributed by atoms with Crippen molar-refractivity contribution in [2.75, 3.05) is 25.0 Å². The Kier molecular flexibility index (Phi) is 4.30. The molecule has 3 aliphatic rings. The monoisotopic (exact) mass is 418 g/mol. The van der Waals surface area contributed by atoms with Crippen LogP contribution >= 0.6 is 0 Å². The van der Waals surface area contributed by atoms with Crippen molar-refractivity contribution in [1.82, 2.24) is 14.9 Å². The largest absolute Gasteiger partial charge is 0.490 e. The second-order valence-electron chi connectivity index (χ2n) is 8.80. The SMILES string of the molecule is CC(Oc1cc(-c2ccc3c(c2)NCCO3)cc2ncn(C3CC3)c12)[C@H]1CNC(=O)C1. The van der Waals surface area contributed by atoms with Crippen LogP contribution in [0, 0.1) is 5.92 Å². The van der Waals surface area contributed by atoms with Crippen LogP contribution in [-0.2, 0) is 4.79 Å². The Morgan fingerprint density at radius 2 is 2.10 bits per heavy atom. The normalized spacial score (nSPS) is 21.2. The predicted octanol–water partition coefficient (Wildman–Crippen LogP) is 3.75. The van der Waals surface area contributed by atoms with Crippen molar-refractivity contribution in [1.29, 1.82) is 0 Å². The molecule has 2 atom stereocenters. The molecule has 1 saturated heterocycles. The molecular formula is C24H26N4O3. The lowest BCUT2D eigenvalue weighted by Crippen LogP contribution is -2.25. The second-order valence-corrected chi connectivity index (χ2v) is 8.80. The van der Waals surface area contributed by atoms with Crippen LogP contribution in [0.4, 0.5) is 5.69 Å². The first-order chi connectivity index (χ1) is 15.2. The number of benzene rings is 2. The van der Waals surface area contributed by atoms with E-state index in [2.05, 4.69) is 46.4 Å². The molecule has 2 fully saturated rings. The van der Waals surface area contributed by atoms with Crippen LogP contribution in [0.25, 0.3) is 22.2 Å². The van der Waals surface area contributed by atoms with E-state index >= 15 is 0 Å². The first kappa shape index (κ1) is 18.5. The fourth-order valence-electron chi connectivity index (χ4n) is 4.60. The lowest BCUT2D eigenvalue weighted by atomic mass is 10.0. The summed E-state index contributed by atoms with van der Waals surface area (Å²) < 4.78 is 14.5. The van der Waals surface area contributed by atoms with E-state index in [1.807, 2.05) is 12.4 Å². The minimum atomic E-state index is -0.0708. The highest BCUT2D eigenvalue weighted by molar-refractivity contribution is 5.89. The van der Waals surface area contributed by atoms with Gasteiger partial charge in [-0.25, -0.2) is 4.98 Å². The zero-order chi connectivity index (χ0) is 20.9. The molecule has 1 unspecified atom stereocenters. The average molecular weight is 418 g/mol. The number of nitrogens with one attached hydrogen (secondary N) is 2. The maximum absolute atomic E-state index is 11.7. The van der Waals surface area contributed by atoms with E-state index in [1.54, 1.807) is 0 Å². The number of rotatable bonds is 5. The number of amides is 1. The van der Waals surface area contributed by atoms with Crippen molar-refractivity contribution in [3.8, 4) is 22.6 Å². The van der Waals surface area contributed by atoms with Crippen LogP contribution in [0.15, 0.2) is 36.7 Å². The molecule has 6 rings (SSSR count). The standard InChI is InChI=1S/C24H26N4O3/c1-14(17-11-23(29)26-12-17)31-22-10-16(9-20-24(22)28(13-27-20)18-3-4-18)15-2-5-21-19(8-15)25-6-7-30-21/h2,5,8-10,13-14,17-18,25H,3-4,6-7,11-12H2,1H3,(H,26,29)/t14?,17-/m1/s1. The van der Waals surface area contributed by atoms with E-state index in [-0.39, 0.29) is 17.9 Å². The molecule has 3 heterocycles. The summed E-state index contributed by atoms with van der Waals surface area (Å²) in [6.07, 6.45) is 4.74. The lowest BCUT2D eigenvalue weighted by molar-refractivity contribution is -0.119. The number of carbonyl (C=O) groups excluding carboxylic acids is 1. The van der Waals surface area contributed by atoms with Crippen LogP contribution in [0.2, 0.25) is 0 Å². The van der Waals surface area contributed by atoms with E-state index in [4.69, 9.17) is 14.5 Å². The Balaban J connectivity index is 1.41. The summed E-state index contributed by atoms with van der Waals surface area (Å²) in [5, 5.41) is 6.33. The summed E-state index contributed by atoms with van der Waals surface area (Å²) in [7, 11) is 0. The number of hydrogen-bond acceptors (Lipinski definition) is 5. The molecule has 0 bridgehead atoms. The predicted molar refractivity (Wildman–Crippen MR) is 119 cm³/mol. The third kappa shape index (κ3) is 3.38. The number of carbonyl (C=O) groups is 1. The molecule has 3 aromatic rings. The fourth-order valence-corrected chi connectivity index (χ4v) is 4.60. The quantitative estimate of drug-likeness (QED) is 0.660. The Morgan fingerprint density at radius 3 is 2.90 bits per heavy atom. The maximum Gasteiger partial charge on any atom is 0.220 e. The molecule has 0 spiro atoms. The van der Waals surface area contributed by atoms with E-state index in [0.717, 1.165) is 45.9 Å². The summed E-state index contributed by atoms with van der Waals surface area (Å²) in [4.78, 5) is 16.4. The fraction of sp³-hybridized carbons (Fsp3) is 0.417. The smallest absolute Gasteiger partial charge is 0.220 e. The summed E-state index contributed by atoms with van der Waals surface area (Å²) in [6.45, 7) is 4.22. The van der Waals surface area contributed by atoms with E-state index in [1.165, 1.54) is 12.8 Å². The average Bonchev–Trinajstić information content (AvgIpc) is 3.39. The molecule has 1 aromatic heterocycles.